The molecule has 37 heavy (non-hydrogen) atoms. The van der Waals surface area contributed by atoms with Gasteiger partial charge in [-0.1, -0.05) is 18.2 Å². The van der Waals surface area contributed by atoms with Gasteiger partial charge >= 0.3 is 6.18 Å². The fourth-order valence-corrected chi connectivity index (χ4v) is 4.68. The lowest BCUT2D eigenvalue weighted by molar-refractivity contribution is -0.138. The van der Waals surface area contributed by atoms with Crippen molar-refractivity contribution < 1.29 is 18.0 Å². The van der Waals surface area contributed by atoms with Crippen LogP contribution < -0.4 is 5.32 Å². The van der Waals surface area contributed by atoms with Gasteiger partial charge in [0.15, 0.2) is 0 Å². The number of aromatic nitrogens is 2. The number of rotatable bonds is 5. The van der Waals surface area contributed by atoms with Crippen LogP contribution in [0, 0.1) is 6.92 Å². The van der Waals surface area contributed by atoms with E-state index < -0.39 is 17.6 Å². The number of nitrogens with one attached hydrogen (secondary N) is 1. The zero-order chi connectivity index (χ0) is 26.2. The van der Waals surface area contributed by atoms with Gasteiger partial charge in [0.1, 0.15) is 5.65 Å². The van der Waals surface area contributed by atoms with E-state index in [1.54, 1.807) is 18.3 Å². The SMILES string of the molecule is Cc1ccc(C(=O)Nc2ccc(CN3CCN(C)CC3)c(C(F)(F)F)c2)cc1-c1cnc2ccccn12. The van der Waals surface area contributed by atoms with E-state index >= 15 is 0 Å². The molecule has 0 aliphatic carbocycles. The number of likely N-dealkylation sites (N-methyl/N-ethyl adjacent to an activating group) is 1. The Balaban J connectivity index is 1.39. The largest absolute Gasteiger partial charge is 0.416 e. The van der Waals surface area contributed by atoms with E-state index in [0.29, 0.717) is 18.7 Å². The Morgan fingerprint density at radius 3 is 2.57 bits per heavy atom. The lowest BCUT2D eigenvalue weighted by Gasteiger charge is -2.33. The molecule has 6 nitrogen and oxygen atoms in total. The molecular weight excluding hydrogens is 479 g/mol. The zero-order valence-corrected chi connectivity index (χ0v) is 20.7. The second-order valence-corrected chi connectivity index (χ2v) is 9.51. The summed E-state index contributed by atoms with van der Waals surface area (Å²) in [5.41, 5.74) is 3.33. The van der Waals surface area contributed by atoms with Crippen LogP contribution in [0.3, 0.4) is 0 Å². The maximum absolute atomic E-state index is 13.9. The Morgan fingerprint density at radius 1 is 1.03 bits per heavy atom. The summed E-state index contributed by atoms with van der Waals surface area (Å²) in [7, 11) is 2.00. The predicted molar refractivity (Wildman–Crippen MR) is 138 cm³/mol. The van der Waals surface area contributed by atoms with Gasteiger partial charge in [-0.3, -0.25) is 14.1 Å². The highest BCUT2D eigenvalue weighted by atomic mass is 19.4. The molecule has 192 valence electrons. The average Bonchev–Trinajstić information content (AvgIpc) is 3.30. The van der Waals surface area contributed by atoms with Crippen molar-refractivity contribution in [1.82, 2.24) is 19.2 Å². The third-order valence-electron chi connectivity index (χ3n) is 6.86. The maximum Gasteiger partial charge on any atom is 0.416 e. The van der Waals surface area contributed by atoms with Crippen molar-refractivity contribution >= 4 is 17.2 Å². The molecule has 3 heterocycles. The monoisotopic (exact) mass is 507 g/mol. The van der Waals surface area contributed by atoms with Crippen molar-refractivity contribution in [2.75, 3.05) is 38.5 Å². The molecule has 0 saturated carbocycles. The zero-order valence-electron chi connectivity index (χ0n) is 20.7. The van der Waals surface area contributed by atoms with E-state index in [2.05, 4.69) is 15.2 Å². The Kier molecular flexibility index (Phi) is 6.74. The van der Waals surface area contributed by atoms with Crippen LogP contribution in [0.4, 0.5) is 18.9 Å². The number of pyridine rings is 1. The first-order valence-electron chi connectivity index (χ1n) is 12.1. The number of hydrogen-bond acceptors (Lipinski definition) is 4. The molecule has 0 spiro atoms. The summed E-state index contributed by atoms with van der Waals surface area (Å²) in [5.74, 6) is -0.477. The first-order valence-corrected chi connectivity index (χ1v) is 12.1. The number of fused-ring (bicyclic) bond motifs is 1. The van der Waals surface area contributed by atoms with Crippen LogP contribution in [-0.4, -0.2) is 58.3 Å². The minimum Gasteiger partial charge on any atom is -0.322 e. The molecular formula is C28H28F3N5O. The van der Waals surface area contributed by atoms with Gasteiger partial charge in [-0.05, 0) is 61.5 Å². The summed E-state index contributed by atoms with van der Waals surface area (Å²) in [6, 6.07) is 15.0. The molecule has 2 aromatic carbocycles. The number of halogens is 3. The summed E-state index contributed by atoms with van der Waals surface area (Å²) in [6.07, 6.45) is -0.886. The number of amides is 1. The van der Waals surface area contributed by atoms with Gasteiger partial charge in [0.25, 0.3) is 5.91 Å². The lowest BCUT2D eigenvalue weighted by atomic mass is 10.0. The van der Waals surface area contributed by atoms with E-state index in [1.165, 1.54) is 12.1 Å². The van der Waals surface area contributed by atoms with Crippen molar-refractivity contribution in [2.24, 2.45) is 0 Å². The Bertz CT molecular complexity index is 1440. The second kappa shape index (κ2) is 9.99. The van der Waals surface area contributed by atoms with E-state index in [4.69, 9.17) is 0 Å². The molecule has 1 aliphatic rings. The number of anilines is 1. The van der Waals surface area contributed by atoms with Crippen molar-refractivity contribution in [3.8, 4) is 11.3 Å². The van der Waals surface area contributed by atoms with Crippen molar-refractivity contribution in [3.63, 3.8) is 0 Å². The molecule has 0 unspecified atom stereocenters. The van der Waals surface area contributed by atoms with Gasteiger partial charge in [-0.25, -0.2) is 4.98 Å². The quantitative estimate of drug-likeness (QED) is 0.397. The lowest BCUT2D eigenvalue weighted by Crippen LogP contribution is -2.44. The van der Waals surface area contributed by atoms with Gasteiger partial charge < -0.3 is 10.2 Å². The molecule has 1 saturated heterocycles. The van der Waals surface area contributed by atoms with Crippen LogP contribution in [0.15, 0.2) is 67.0 Å². The van der Waals surface area contributed by atoms with Crippen LogP contribution in [-0.2, 0) is 12.7 Å². The molecule has 1 N–H and O–H groups in total. The molecule has 0 atom stereocenters. The van der Waals surface area contributed by atoms with Crippen molar-refractivity contribution in [1.29, 1.82) is 0 Å². The standard InChI is InChI=1S/C28H28F3N5O/c1-19-6-7-20(15-23(19)25-17-32-26-5-3-4-10-36(25)26)27(37)33-22-9-8-21(24(16-22)28(29,30)31)18-35-13-11-34(2)12-14-35/h3-10,15-17H,11-14,18H2,1-2H3,(H,33,37). The van der Waals surface area contributed by atoms with Gasteiger partial charge in [0, 0.05) is 55.7 Å². The number of hydrogen-bond donors (Lipinski definition) is 1. The molecule has 1 amide bonds. The summed E-state index contributed by atoms with van der Waals surface area (Å²) < 4.78 is 43.7. The molecule has 1 fully saturated rings. The molecule has 0 radical (unpaired) electrons. The van der Waals surface area contributed by atoms with Crippen LogP contribution in [0.2, 0.25) is 0 Å². The Labute approximate surface area is 213 Å². The van der Waals surface area contributed by atoms with Crippen LogP contribution >= 0.6 is 0 Å². The molecule has 0 bridgehead atoms. The average molecular weight is 508 g/mol. The Morgan fingerprint density at radius 2 is 1.81 bits per heavy atom. The van der Waals surface area contributed by atoms with E-state index in [0.717, 1.165) is 41.6 Å². The highest BCUT2D eigenvalue weighted by Crippen LogP contribution is 2.35. The number of nitrogens with zero attached hydrogens (tertiary/aromatic N) is 4. The fraction of sp³-hybridized carbons (Fsp3) is 0.286. The number of carbonyl (C=O) groups is 1. The second-order valence-electron chi connectivity index (χ2n) is 9.51. The minimum absolute atomic E-state index is 0.108. The third kappa shape index (κ3) is 5.38. The number of aryl methyl sites for hydroxylation is 1. The van der Waals surface area contributed by atoms with E-state index in [9.17, 15) is 18.0 Å². The Hall–Kier alpha value is -3.69. The van der Waals surface area contributed by atoms with Crippen LogP contribution in [0.5, 0.6) is 0 Å². The highest BCUT2D eigenvalue weighted by molar-refractivity contribution is 6.05. The third-order valence-corrected chi connectivity index (χ3v) is 6.86. The van der Waals surface area contributed by atoms with Gasteiger partial charge in [-0.15, -0.1) is 0 Å². The molecule has 5 rings (SSSR count). The van der Waals surface area contributed by atoms with Gasteiger partial charge in [-0.2, -0.15) is 13.2 Å². The number of carbonyl (C=O) groups excluding carboxylic acids is 1. The number of benzene rings is 2. The van der Waals surface area contributed by atoms with Crippen LogP contribution in [0.25, 0.3) is 16.9 Å². The first kappa shape index (κ1) is 25.0. The minimum atomic E-state index is -4.53. The molecule has 1 aliphatic heterocycles. The molecule has 9 heteroatoms. The molecule has 2 aromatic heterocycles. The van der Waals surface area contributed by atoms with E-state index in [-0.39, 0.29) is 17.8 Å². The summed E-state index contributed by atoms with van der Waals surface area (Å²) >= 11 is 0. The van der Waals surface area contributed by atoms with Gasteiger partial charge in [0.2, 0.25) is 0 Å². The van der Waals surface area contributed by atoms with E-state index in [1.807, 2.05) is 53.7 Å². The molecule has 4 aromatic rings. The number of piperazine rings is 1. The summed E-state index contributed by atoms with van der Waals surface area (Å²) in [4.78, 5) is 21.7. The summed E-state index contributed by atoms with van der Waals surface area (Å²) in [5, 5.41) is 2.65. The van der Waals surface area contributed by atoms with Gasteiger partial charge in [0.05, 0.1) is 17.5 Å². The maximum atomic E-state index is 13.9. The van der Waals surface area contributed by atoms with Crippen molar-refractivity contribution in [2.45, 2.75) is 19.6 Å². The number of alkyl halides is 3. The first-order chi connectivity index (χ1) is 17.7. The smallest absolute Gasteiger partial charge is 0.322 e. The normalized spacial score (nSPS) is 15.3. The number of imidazole rings is 1. The predicted octanol–water partition coefficient (Wildman–Crippen LogP) is 5.33. The fourth-order valence-electron chi connectivity index (χ4n) is 4.68. The topological polar surface area (TPSA) is 52.9 Å². The summed E-state index contributed by atoms with van der Waals surface area (Å²) in [6.45, 7) is 5.24. The van der Waals surface area contributed by atoms with Crippen molar-refractivity contribution in [3.05, 3.63) is 89.2 Å². The highest BCUT2D eigenvalue weighted by Gasteiger charge is 2.34. The van der Waals surface area contributed by atoms with Crippen LogP contribution in [0.1, 0.15) is 27.0 Å².